The van der Waals surface area contributed by atoms with Crippen LogP contribution in [0.2, 0.25) is 0 Å². The maximum absolute atomic E-state index is 10.7. The van der Waals surface area contributed by atoms with Gasteiger partial charge in [0, 0.05) is 19.1 Å². The standard InChI is InChI=1S/C13H28N2O2/c1-5-11(6-2)15(9-10(3)4)8-7-12(14)13(16)17/h10-12H,5-9,14H2,1-4H3,(H,16,17). The first-order valence-electron chi connectivity index (χ1n) is 6.64. The number of aliphatic carboxylic acids is 1. The zero-order chi connectivity index (χ0) is 13.4. The van der Waals surface area contributed by atoms with Gasteiger partial charge in [-0.2, -0.15) is 0 Å². The molecule has 0 heterocycles. The van der Waals surface area contributed by atoms with Gasteiger partial charge in [-0.3, -0.25) is 4.79 Å². The zero-order valence-corrected chi connectivity index (χ0v) is 11.6. The van der Waals surface area contributed by atoms with Crippen molar-refractivity contribution in [1.29, 1.82) is 0 Å². The summed E-state index contributed by atoms with van der Waals surface area (Å²) < 4.78 is 0. The molecule has 0 spiro atoms. The van der Waals surface area contributed by atoms with Crippen LogP contribution in [0, 0.1) is 5.92 Å². The topological polar surface area (TPSA) is 66.6 Å². The van der Waals surface area contributed by atoms with Crippen molar-refractivity contribution in [3.05, 3.63) is 0 Å². The molecule has 102 valence electrons. The molecule has 0 saturated heterocycles. The molecular formula is C13H28N2O2. The molecule has 0 amide bonds. The first-order valence-corrected chi connectivity index (χ1v) is 6.64. The molecule has 0 aromatic carbocycles. The fraction of sp³-hybridized carbons (Fsp3) is 0.923. The fourth-order valence-corrected chi connectivity index (χ4v) is 2.13. The number of hydrogen-bond acceptors (Lipinski definition) is 3. The molecule has 0 saturated carbocycles. The number of nitrogens with two attached hydrogens (primary N) is 1. The van der Waals surface area contributed by atoms with Crippen molar-refractivity contribution in [2.75, 3.05) is 13.1 Å². The van der Waals surface area contributed by atoms with E-state index in [0.717, 1.165) is 25.9 Å². The molecule has 4 heteroatoms. The minimum absolute atomic E-state index is 0.526. The summed E-state index contributed by atoms with van der Waals surface area (Å²) in [5, 5.41) is 8.79. The van der Waals surface area contributed by atoms with Gasteiger partial charge in [0.05, 0.1) is 0 Å². The maximum Gasteiger partial charge on any atom is 0.320 e. The Balaban J connectivity index is 4.32. The van der Waals surface area contributed by atoms with E-state index in [0.29, 0.717) is 18.4 Å². The van der Waals surface area contributed by atoms with Crippen LogP contribution in [-0.4, -0.2) is 41.1 Å². The Morgan fingerprint density at radius 3 is 2.18 bits per heavy atom. The van der Waals surface area contributed by atoms with Crippen LogP contribution in [-0.2, 0) is 4.79 Å². The Morgan fingerprint density at radius 1 is 1.29 bits per heavy atom. The summed E-state index contributed by atoms with van der Waals surface area (Å²) in [6.45, 7) is 10.5. The number of rotatable bonds is 9. The molecule has 4 nitrogen and oxygen atoms in total. The summed E-state index contributed by atoms with van der Waals surface area (Å²) in [6, 6.07) is -0.197. The Bertz CT molecular complexity index is 215. The van der Waals surface area contributed by atoms with Crippen molar-refractivity contribution in [2.45, 2.75) is 59.0 Å². The van der Waals surface area contributed by atoms with E-state index in [1.807, 2.05) is 0 Å². The lowest BCUT2D eigenvalue weighted by Gasteiger charge is -2.32. The smallest absolute Gasteiger partial charge is 0.320 e. The molecule has 1 unspecified atom stereocenters. The first kappa shape index (κ1) is 16.4. The normalized spacial score (nSPS) is 13.6. The van der Waals surface area contributed by atoms with Gasteiger partial charge < -0.3 is 15.7 Å². The van der Waals surface area contributed by atoms with E-state index in [1.165, 1.54) is 0 Å². The number of hydrogen-bond donors (Lipinski definition) is 2. The predicted octanol–water partition coefficient (Wildman–Crippen LogP) is 1.93. The minimum atomic E-state index is -0.904. The molecule has 0 aromatic rings. The second-order valence-electron chi connectivity index (χ2n) is 5.09. The van der Waals surface area contributed by atoms with Gasteiger partial charge >= 0.3 is 5.97 Å². The molecule has 0 bridgehead atoms. The third-order valence-corrected chi connectivity index (χ3v) is 3.10. The van der Waals surface area contributed by atoms with Gasteiger partial charge in [0.15, 0.2) is 0 Å². The Morgan fingerprint density at radius 2 is 1.82 bits per heavy atom. The van der Waals surface area contributed by atoms with Crippen molar-refractivity contribution in [3.8, 4) is 0 Å². The van der Waals surface area contributed by atoms with Crippen molar-refractivity contribution < 1.29 is 9.90 Å². The van der Waals surface area contributed by atoms with E-state index >= 15 is 0 Å². The summed E-state index contributed by atoms with van der Waals surface area (Å²) in [7, 11) is 0. The molecule has 0 aromatic heterocycles. The van der Waals surface area contributed by atoms with E-state index in [-0.39, 0.29) is 0 Å². The molecule has 0 aliphatic rings. The van der Waals surface area contributed by atoms with Gasteiger partial charge in [0.25, 0.3) is 0 Å². The van der Waals surface area contributed by atoms with Crippen LogP contribution in [0.15, 0.2) is 0 Å². The summed E-state index contributed by atoms with van der Waals surface area (Å²) in [5.41, 5.74) is 5.55. The molecule has 17 heavy (non-hydrogen) atoms. The second kappa shape index (κ2) is 8.48. The highest BCUT2D eigenvalue weighted by Crippen LogP contribution is 2.12. The highest BCUT2D eigenvalue weighted by molar-refractivity contribution is 5.72. The third kappa shape index (κ3) is 6.64. The van der Waals surface area contributed by atoms with Crippen molar-refractivity contribution in [3.63, 3.8) is 0 Å². The summed E-state index contributed by atoms with van der Waals surface area (Å²) >= 11 is 0. The van der Waals surface area contributed by atoms with Crippen LogP contribution in [0.3, 0.4) is 0 Å². The van der Waals surface area contributed by atoms with Crippen LogP contribution >= 0.6 is 0 Å². The van der Waals surface area contributed by atoms with E-state index in [9.17, 15) is 4.79 Å². The molecular weight excluding hydrogens is 216 g/mol. The average molecular weight is 244 g/mol. The van der Waals surface area contributed by atoms with E-state index in [1.54, 1.807) is 0 Å². The van der Waals surface area contributed by atoms with Gasteiger partial charge in [-0.05, 0) is 25.2 Å². The van der Waals surface area contributed by atoms with Crippen molar-refractivity contribution in [1.82, 2.24) is 4.90 Å². The molecule has 0 aliphatic carbocycles. The zero-order valence-electron chi connectivity index (χ0n) is 11.6. The lowest BCUT2D eigenvalue weighted by atomic mass is 10.1. The van der Waals surface area contributed by atoms with Crippen LogP contribution in [0.1, 0.15) is 47.0 Å². The van der Waals surface area contributed by atoms with Crippen molar-refractivity contribution in [2.24, 2.45) is 11.7 Å². The molecule has 0 radical (unpaired) electrons. The van der Waals surface area contributed by atoms with Crippen LogP contribution in [0.4, 0.5) is 0 Å². The Kier molecular flexibility index (Phi) is 8.17. The number of nitrogens with zero attached hydrogens (tertiary/aromatic N) is 1. The summed E-state index contributed by atoms with van der Waals surface area (Å²) in [6.07, 6.45) is 2.73. The van der Waals surface area contributed by atoms with E-state index < -0.39 is 12.0 Å². The van der Waals surface area contributed by atoms with E-state index in [2.05, 4.69) is 32.6 Å². The highest BCUT2D eigenvalue weighted by atomic mass is 16.4. The quantitative estimate of drug-likeness (QED) is 0.650. The predicted molar refractivity (Wildman–Crippen MR) is 71.0 cm³/mol. The molecule has 0 fully saturated rings. The monoisotopic (exact) mass is 244 g/mol. The third-order valence-electron chi connectivity index (χ3n) is 3.10. The molecule has 0 rings (SSSR count). The maximum atomic E-state index is 10.7. The number of carboxylic acid groups (broad SMARTS) is 1. The number of carbonyl (C=O) groups is 1. The van der Waals surface area contributed by atoms with E-state index in [4.69, 9.17) is 10.8 Å². The van der Waals surface area contributed by atoms with Crippen LogP contribution in [0.5, 0.6) is 0 Å². The largest absolute Gasteiger partial charge is 0.480 e. The van der Waals surface area contributed by atoms with Gasteiger partial charge in [0.2, 0.25) is 0 Å². The van der Waals surface area contributed by atoms with Gasteiger partial charge in [-0.1, -0.05) is 27.7 Å². The van der Waals surface area contributed by atoms with Gasteiger partial charge in [0.1, 0.15) is 6.04 Å². The Hall–Kier alpha value is -0.610. The summed E-state index contributed by atoms with van der Waals surface area (Å²) in [4.78, 5) is 13.1. The SMILES string of the molecule is CCC(CC)N(CCC(N)C(=O)O)CC(C)C. The fourth-order valence-electron chi connectivity index (χ4n) is 2.13. The molecule has 0 aliphatic heterocycles. The number of carboxylic acids is 1. The highest BCUT2D eigenvalue weighted by Gasteiger charge is 2.19. The van der Waals surface area contributed by atoms with Gasteiger partial charge in [-0.15, -0.1) is 0 Å². The first-order chi connectivity index (χ1) is 7.92. The Labute approximate surface area is 105 Å². The lowest BCUT2D eigenvalue weighted by Crippen LogP contribution is -2.41. The van der Waals surface area contributed by atoms with Crippen molar-refractivity contribution >= 4 is 5.97 Å². The second-order valence-corrected chi connectivity index (χ2v) is 5.09. The minimum Gasteiger partial charge on any atom is -0.480 e. The van der Waals surface area contributed by atoms with Gasteiger partial charge in [-0.25, -0.2) is 0 Å². The van der Waals surface area contributed by atoms with Crippen LogP contribution < -0.4 is 5.73 Å². The van der Waals surface area contributed by atoms with Crippen LogP contribution in [0.25, 0.3) is 0 Å². The summed E-state index contributed by atoms with van der Waals surface area (Å²) in [5.74, 6) is -0.310. The molecule has 3 N–H and O–H groups in total. The lowest BCUT2D eigenvalue weighted by molar-refractivity contribution is -0.138. The average Bonchev–Trinajstić information content (AvgIpc) is 2.25. The molecule has 1 atom stereocenters.